The van der Waals surface area contributed by atoms with Crippen molar-refractivity contribution in [3.05, 3.63) is 53.8 Å². The van der Waals surface area contributed by atoms with E-state index in [1.165, 1.54) is 4.52 Å². The van der Waals surface area contributed by atoms with Crippen LogP contribution in [0.25, 0.3) is 17.4 Å². The Kier molecular flexibility index (Phi) is 5.52. The predicted octanol–water partition coefficient (Wildman–Crippen LogP) is 2.50. The van der Waals surface area contributed by atoms with Crippen LogP contribution in [0.4, 0.5) is 11.9 Å². The minimum atomic E-state index is 0.0130. The highest BCUT2D eigenvalue weighted by atomic mass is 16.3. The molecule has 3 aromatic heterocycles. The summed E-state index contributed by atoms with van der Waals surface area (Å²) in [5.41, 5.74) is 7.77. The normalized spacial score (nSPS) is 11.2. The summed E-state index contributed by atoms with van der Waals surface area (Å²) in [5.74, 6) is 1.81. The number of nitrogens with zero attached hydrogens (tertiary/aromatic N) is 6. The Morgan fingerprint density at radius 2 is 1.97 bits per heavy atom. The lowest BCUT2D eigenvalue weighted by atomic mass is 10.1. The van der Waals surface area contributed by atoms with Gasteiger partial charge in [0.2, 0.25) is 17.7 Å². The van der Waals surface area contributed by atoms with E-state index in [9.17, 15) is 4.79 Å². The fourth-order valence-corrected chi connectivity index (χ4v) is 2.97. The number of aromatic nitrogens is 5. The van der Waals surface area contributed by atoms with Gasteiger partial charge in [-0.25, -0.2) is 0 Å². The van der Waals surface area contributed by atoms with Gasteiger partial charge in [-0.1, -0.05) is 12.1 Å². The minimum absolute atomic E-state index is 0.0130. The molecule has 0 fully saturated rings. The smallest absolute Gasteiger partial charge is 0.259 e. The number of fused-ring (bicyclic) bond motifs is 1. The molecule has 3 N–H and O–H groups in total. The summed E-state index contributed by atoms with van der Waals surface area (Å²) in [6.45, 7) is 4.57. The maximum Gasteiger partial charge on any atom is 0.259 e. The third-order valence-electron chi connectivity index (χ3n) is 4.97. The van der Waals surface area contributed by atoms with Crippen LogP contribution in [0.3, 0.4) is 0 Å². The molecule has 0 aliphatic rings. The number of rotatable bonds is 7. The van der Waals surface area contributed by atoms with E-state index >= 15 is 0 Å². The van der Waals surface area contributed by atoms with Gasteiger partial charge in [0, 0.05) is 25.2 Å². The van der Waals surface area contributed by atoms with E-state index in [0.717, 1.165) is 12.0 Å². The zero-order valence-corrected chi connectivity index (χ0v) is 17.6. The Bertz CT molecular complexity index is 1180. The van der Waals surface area contributed by atoms with E-state index in [1.807, 2.05) is 38.1 Å². The molecular formula is C21H24N8O2. The zero-order chi connectivity index (χ0) is 22.0. The molecule has 0 bridgehead atoms. The van der Waals surface area contributed by atoms with E-state index in [-0.39, 0.29) is 17.9 Å². The van der Waals surface area contributed by atoms with Crippen LogP contribution in [-0.4, -0.2) is 55.0 Å². The Morgan fingerprint density at radius 3 is 2.65 bits per heavy atom. The average Bonchev–Trinajstić information content (AvgIpc) is 3.43. The molecule has 0 saturated carbocycles. The molecule has 1 aromatic carbocycles. The zero-order valence-electron chi connectivity index (χ0n) is 17.6. The number of hydrogen-bond donors (Lipinski definition) is 2. The van der Waals surface area contributed by atoms with Crippen molar-refractivity contribution in [3.8, 4) is 11.6 Å². The van der Waals surface area contributed by atoms with Crippen LogP contribution in [0, 0.1) is 0 Å². The Labute approximate surface area is 179 Å². The van der Waals surface area contributed by atoms with E-state index in [4.69, 9.17) is 10.2 Å². The molecule has 1 amide bonds. The van der Waals surface area contributed by atoms with Crippen LogP contribution >= 0.6 is 0 Å². The molecule has 0 spiro atoms. The lowest BCUT2D eigenvalue weighted by Gasteiger charge is -2.21. The summed E-state index contributed by atoms with van der Waals surface area (Å²) >= 11 is 0. The van der Waals surface area contributed by atoms with Gasteiger partial charge < -0.3 is 20.4 Å². The lowest BCUT2D eigenvalue weighted by Crippen LogP contribution is -2.32. The number of carbonyl (C=O) groups excluding carboxylic acids is 1. The van der Waals surface area contributed by atoms with Crippen LogP contribution in [0.5, 0.6) is 0 Å². The maximum atomic E-state index is 12.4. The van der Waals surface area contributed by atoms with Gasteiger partial charge in [-0.05, 0) is 50.1 Å². The fraction of sp³-hybridized carbons (Fsp3) is 0.286. The largest absolute Gasteiger partial charge is 0.461 e. The SMILES string of the molecule is CC(C)N(C)C(=O)c1ccc(CCNc2nc(N)n3nc(-c4ccco4)nc3n2)cc1. The Balaban J connectivity index is 1.40. The number of carbonyl (C=O) groups is 1. The second-order valence-electron chi connectivity index (χ2n) is 7.41. The van der Waals surface area contributed by atoms with Crippen molar-refractivity contribution in [3.63, 3.8) is 0 Å². The van der Waals surface area contributed by atoms with Crippen molar-refractivity contribution in [1.82, 2.24) is 29.5 Å². The average molecular weight is 420 g/mol. The van der Waals surface area contributed by atoms with Crippen LogP contribution in [0.1, 0.15) is 29.8 Å². The van der Waals surface area contributed by atoms with Crippen molar-refractivity contribution >= 4 is 23.6 Å². The maximum absolute atomic E-state index is 12.4. The molecule has 0 aliphatic carbocycles. The molecular weight excluding hydrogens is 396 g/mol. The topological polar surface area (TPSA) is 127 Å². The Morgan fingerprint density at radius 1 is 1.19 bits per heavy atom. The third-order valence-corrected chi connectivity index (χ3v) is 4.97. The molecule has 0 unspecified atom stereocenters. The number of anilines is 2. The first-order chi connectivity index (χ1) is 14.9. The molecule has 0 saturated heterocycles. The summed E-state index contributed by atoms with van der Waals surface area (Å²) in [4.78, 5) is 27.0. The number of furan rings is 1. The first kappa shape index (κ1) is 20.3. The van der Waals surface area contributed by atoms with Gasteiger partial charge in [0.05, 0.1) is 6.26 Å². The van der Waals surface area contributed by atoms with Crippen molar-refractivity contribution in [2.75, 3.05) is 24.6 Å². The van der Waals surface area contributed by atoms with Crippen molar-refractivity contribution < 1.29 is 9.21 Å². The monoisotopic (exact) mass is 420 g/mol. The van der Waals surface area contributed by atoms with Gasteiger partial charge in [0.1, 0.15) is 0 Å². The molecule has 160 valence electrons. The van der Waals surface area contributed by atoms with E-state index in [0.29, 0.717) is 35.4 Å². The van der Waals surface area contributed by atoms with Gasteiger partial charge in [-0.2, -0.15) is 19.5 Å². The highest BCUT2D eigenvalue weighted by Gasteiger charge is 2.15. The highest BCUT2D eigenvalue weighted by Crippen LogP contribution is 2.17. The van der Waals surface area contributed by atoms with Crippen molar-refractivity contribution in [2.24, 2.45) is 0 Å². The number of amides is 1. The quantitative estimate of drug-likeness (QED) is 0.467. The van der Waals surface area contributed by atoms with Crippen LogP contribution in [0.2, 0.25) is 0 Å². The van der Waals surface area contributed by atoms with Gasteiger partial charge in [-0.3, -0.25) is 4.79 Å². The number of nitrogens with two attached hydrogens (primary N) is 1. The van der Waals surface area contributed by atoms with Gasteiger partial charge in [-0.15, -0.1) is 5.10 Å². The number of hydrogen-bond acceptors (Lipinski definition) is 8. The van der Waals surface area contributed by atoms with E-state index in [1.54, 1.807) is 30.3 Å². The van der Waals surface area contributed by atoms with Crippen LogP contribution < -0.4 is 11.1 Å². The molecule has 0 radical (unpaired) electrons. The van der Waals surface area contributed by atoms with Crippen LogP contribution in [-0.2, 0) is 6.42 Å². The summed E-state index contributed by atoms with van der Waals surface area (Å²) in [7, 11) is 1.81. The molecule has 31 heavy (non-hydrogen) atoms. The number of nitrogens with one attached hydrogen (secondary N) is 1. The predicted molar refractivity (Wildman–Crippen MR) is 117 cm³/mol. The molecule has 10 heteroatoms. The fourth-order valence-electron chi connectivity index (χ4n) is 2.97. The van der Waals surface area contributed by atoms with Gasteiger partial charge in [0.15, 0.2) is 5.76 Å². The summed E-state index contributed by atoms with van der Waals surface area (Å²) in [6.07, 6.45) is 2.28. The number of benzene rings is 1. The van der Waals surface area contributed by atoms with Crippen molar-refractivity contribution in [2.45, 2.75) is 26.3 Å². The minimum Gasteiger partial charge on any atom is -0.461 e. The molecule has 3 heterocycles. The molecule has 4 rings (SSSR count). The second kappa shape index (κ2) is 8.42. The first-order valence-electron chi connectivity index (χ1n) is 9.96. The van der Waals surface area contributed by atoms with Gasteiger partial charge >= 0.3 is 0 Å². The Hall–Kier alpha value is -3.95. The summed E-state index contributed by atoms with van der Waals surface area (Å²) in [5, 5.41) is 7.43. The summed E-state index contributed by atoms with van der Waals surface area (Å²) in [6, 6.07) is 11.3. The molecule has 10 nitrogen and oxygen atoms in total. The molecule has 0 atom stereocenters. The first-order valence-corrected chi connectivity index (χ1v) is 9.96. The molecule has 0 aliphatic heterocycles. The van der Waals surface area contributed by atoms with E-state index < -0.39 is 0 Å². The second-order valence-corrected chi connectivity index (χ2v) is 7.41. The van der Waals surface area contributed by atoms with E-state index in [2.05, 4.69) is 25.4 Å². The van der Waals surface area contributed by atoms with Gasteiger partial charge in [0.25, 0.3) is 11.7 Å². The van der Waals surface area contributed by atoms with Crippen LogP contribution in [0.15, 0.2) is 47.1 Å². The third kappa shape index (κ3) is 4.32. The molecule has 4 aromatic rings. The lowest BCUT2D eigenvalue weighted by molar-refractivity contribution is 0.0755. The summed E-state index contributed by atoms with van der Waals surface area (Å²) < 4.78 is 6.68. The number of nitrogen functional groups attached to an aromatic ring is 1. The highest BCUT2D eigenvalue weighted by molar-refractivity contribution is 5.94. The standard InChI is InChI=1S/C21H24N8O2/c1-13(2)28(3)18(30)15-8-6-14(7-9-15)10-11-23-20-25-19(22)29-21(26-20)24-17(27-29)16-5-4-12-31-16/h4-9,12-13H,10-11H2,1-3H3,(H3,22,23,24,25,26,27). The van der Waals surface area contributed by atoms with Crippen molar-refractivity contribution in [1.29, 1.82) is 0 Å².